The summed E-state index contributed by atoms with van der Waals surface area (Å²) in [5, 5.41) is 17.5. The van der Waals surface area contributed by atoms with Crippen molar-refractivity contribution in [3.8, 4) is 0 Å². The van der Waals surface area contributed by atoms with E-state index in [1.807, 2.05) is 4.57 Å². The fourth-order valence-electron chi connectivity index (χ4n) is 2.88. The largest absolute Gasteiger partial charge is 0.481 e. The minimum atomic E-state index is -0.706. The first-order valence-electron chi connectivity index (χ1n) is 6.60. The second-order valence-corrected chi connectivity index (χ2v) is 5.35. The molecule has 0 atom stereocenters. The van der Waals surface area contributed by atoms with Crippen LogP contribution in [0.1, 0.15) is 18.7 Å². The van der Waals surface area contributed by atoms with Crippen LogP contribution in [0.4, 0.5) is 0 Å². The van der Waals surface area contributed by atoms with Crippen LogP contribution in [0.5, 0.6) is 0 Å². The van der Waals surface area contributed by atoms with Crippen molar-refractivity contribution in [2.75, 3.05) is 26.3 Å². The molecule has 2 aliphatic rings. The number of hydrogen-bond acceptors (Lipinski definition) is 5. The molecule has 19 heavy (non-hydrogen) atoms. The summed E-state index contributed by atoms with van der Waals surface area (Å²) in [6, 6.07) is 0. The predicted octanol–water partition coefficient (Wildman–Crippen LogP) is -0.0249. The number of aromatic nitrogens is 3. The molecule has 1 N–H and O–H groups in total. The first-order valence-corrected chi connectivity index (χ1v) is 6.60. The fourth-order valence-corrected chi connectivity index (χ4v) is 2.88. The fraction of sp³-hybridized carbons (Fsp3) is 0.750. The van der Waals surface area contributed by atoms with E-state index in [2.05, 4.69) is 15.1 Å². The van der Waals surface area contributed by atoms with Crippen LogP contribution in [0.3, 0.4) is 0 Å². The number of fused-ring (bicyclic) bond motifs is 1. The van der Waals surface area contributed by atoms with Gasteiger partial charge in [0.15, 0.2) is 0 Å². The van der Waals surface area contributed by atoms with Crippen LogP contribution in [0.25, 0.3) is 0 Å². The minimum absolute atomic E-state index is 0.538. The Hall–Kier alpha value is -1.47. The van der Waals surface area contributed by atoms with E-state index in [-0.39, 0.29) is 0 Å². The van der Waals surface area contributed by atoms with Gasteiger partial charge < -0.3 is 14.4 Å². The zero-order valence-corrected chi connectivity index (χ0v) is 10.8. The molecule has 104 valence electrons. The molecule has 1 aromatic heterocycles. The summed E-state index contributed by atoms with van der Waals surface area (Å²) in [7, 11) is 0. The lowest BCUT2D eigenvalue weighted by Crippen LogP contribution is -2.48. The second kappa shape index (κ2) is 4.90. The molecule has 0 radical (unpaired) electrons. The van der Waals surface area contributed by atoms with Gasteiger partial charge in [0.1, 0.15) is 12.2 Å². The minimum Gasteiger partial charge on any atom is -0.481 e. The van der Waals surface area contributed by atoms with Crippen LogP contribution in [-0.4, -0.2) is 57.0 Å². The Bertz CT molecular complexity index is 467. The van der Waals surface area contributed by atoms with Crippen molar-refractivity contribution in [1.82, 2.24) is 19.7 Å². The Morgan fingerprint density at radius 1 is 1.42 bits per heavy atom. The SMILES string of the molecule is O=C(O)C1(CN2CCn3cnnc3C2)CCOCC1. The number of ether oxygens (including phenoxy) is 1. The van der Waals surface area contributed by atoms with Gasteiger partial charge in [-0.05, 0) is 12.8 Å². The molecule has 0 aromatic carbocycles. The van der Waals surface area contributed by atoms with Gasteiger partial charge in [0, 0.05) is 32.8 Å². The highest BCUT2D eigenvalue weighted by Gasteiger charge is 2.42. The second-order valence-electron chi connectivity index (χ2n) is 5.35. The van der Waals surface area contributed by atoms with Crippen LogP contribution in [0.2, 0.25) is 0 Å². The number of carboxylic acids is 1. The summed E-state index contributed by atoms with van der Waals surface area (Å²) in [6.45, 7) is 4.00. The van der Waals surface area contributed by atoms with E-state index >= 15 is 0 Å². The average Bonchev–Trinajstić information content (AvgIpc) is 2.87. The third kappa shape index (κ3) is 2.35. The number of nitrogens with zero attached hydrogens (tertiary/aromatic N) is 4. The Kier molecular flexibility index (Phi) is 3.24. The van der Waals surface area contributed by atoms with Crippen molar-refractivity contribution in [3.63, 3.8) is 0 Å². The maximum atomic E-state index is 11.6. The van der Waals surface area contributed by atoms with E-state index in [1.165, 1.54) is 0 Å². The molecule has 3 heterocycles. The van der Waals surface area contributed by atoms with Gasteiger partial charge in [-0.2, -0.15) is 0 Å². The summed E-state index contributed by atoms with van der Waals surface area (Å²) >= 11 is 0. The van der Waals surface area contributed by atoms with Crippen molar-refractivity contribution in [2.45, 2.75) is 25.9 Å². The van der Waals surface area contributed by atoms with Gasteiger partial charge in [0.2, 0.25) is 0 Å². The molecule has 0 aliphatic carbocycles. The molecule has 7 heteroatoms. The van der Waals surface area contributed by atoms with Gasteiger partial charge in [-0.25, -0.2) is 0 Å². The van der Waals surface area contributed by atoms with Gasteiger partial charge in [-0.3, -0.25) is 9.69 Å². The monoisotopic (exact) mass is 266 g/mol. The van der Waals surface area contributed by atoms with Gasteiger partial charge >= 0.3 is 5.97 Å². The number of rotatable bonds is 3. The zero-order valence-electron chi connectivity index (χ0n) is 10.8. The van der Waals surface area contributed by atoms with Gasteiger partial charge in [-0.1, -0.05) is 0 Å². The van der Waals surface area contributed by atoms with E-state index in [9.17, 15) is 9.90 Å². The Labute approximate surface area is 111 Å². The molecule has 3 rings (SSSR count). The zero-order chi connectivity index (χ0) is 13.3. The predicted molar refractivity (Wildman–Crippen MR) is 65.4 cm³/mol. The van der Waals surface area contributed by atoms with Gasteiger partial charge in [-0.15, -0.1) is 10.2 Å². The van der Waals surface area contributed by atoms with Gasteiger partial charge in [0.25, 0.3) is 0 Å². The smallest absolute Gasteiger partial charge is 0.311 e. The molecule has 1 aromatic rings. The molecule has 0 saturated carbocycles. The summed E-state index contributed by atoms with van der Waals surface area (Å²) < 4.78 is 7.32. The van der Waals surface area contributed by atoms with E-state index < -0.39 is 11.4 Å². The molecule has 7 nitrogen and oxygen atoms in total. The van der Waals surface area contributed by atoms with E-state index in [1.54, 1.807) is 6.33 Å². The number of carboxylic acid groups (broad SMARTS) is 1. The van der Waals surface area contributed by atoms with E-state index in [4.69, 9.17) is 4.74 Å². The van der Waals surface area contributed by atoms with Crippen LogP contribution >= 0.6 is 0 Å². The van der Waals surface area contributed by atoms with Crippen molar-refractivity contribution in [1.29, 1.82) is 0 Å². The third-order valence-corrected chi connectivity index (χ3v) is 4.15. The maximum absolute atomic E-state index is 11.6. The van der Waals surface area contributed by atoms with E-state index in [0.717, 1.165) is 18.9 Å². The standard InChI is InChI=1S/C12H18N4O3/c17-11(18)12(1-5-19-6-2-12)8-15-3-4-16-9-13-14-10(16)7-15/h9H,1-8H2,(H,17,18). The first kappa shape index (κ1) is 12.6. The molecule has 0 unspecified atom stereocenters. The highest BCUT2D eigenvalue weighted by Crippen LogP contribution is 2.32. The lowest BCUT2D eigenvalue weighted by atomic mass is 9.79. The van der Waals surface area contributed by atoms with Crippen molar-refractivity contribution >= 4 is 5.97 Å². The molecular formula is C12H18N4O3. The van der Waals surface area contributed by atoms with Crippen LogP contribution < -0.4 is 0 Å². The molecule has 0 amide bonds. The summed E-state index contributed by atoms with van der Waals surface area (Å²) in [4.78, 5) is 13.8. The normalized spacial score (nSPS) is 22.9. The van der Waals surface area contributed by atoms with Crippen LogP contribution in [0, 0.1) is 5.41 Å². The van der Waals surface area contributed by atoms with Crippen LogP contribution in [0.15, 0.2) is 6.33 Å². The number of carbonyl (C=O) groups is 1. The van der Waals surface area contributed by atoms with Crippen molar-refractivity contribution in [2.24, 2.45) is 5.41 Å². The van der Waals surface area contributed by atoms with Gasteiger partial charge in [0.05, 0.1) is 12.0 Å². The molecule has 1 fully saturated rings. The van der Waals surface area contributed by atoms with E-state index in [0.29, 0.717) is 39.1 Å². The quantitative estimate of drug-likeness (QED) is 0.828. The summed E-state index contributed by atoms with van der Waals surface area (Å²) in [5.74, 6) is 0.210. The van der Waals surface area contributed by atoms with Crippen molar-refractivity contribution < 1.29 is 14.6 Å². The Balaban J connectivity index is 1.71. The molecular weight excluding hydrogens is 248 g/mol. The molecule has 0 bridgehead atoms. The molecule has 1 saturated heterocycles. The first-order chi connectivity index (χ1) is 9.20. The number of aliphatic carboxylic acids is 1. The highest BCUT2D eigenvalue weighted by atomic mass is 16.5. The Morgan fingerprint density at radius 2 is 2.21 bits per heavy atom. The average molecular weight is 266 g/mol. The number of hydrogen-bond donors (Lipinski definition) is 1. The Morgan fingerprint density at radius 3 is 2.95 bits per heavy atom. The van der Waals surface area contributed by atoms with Crippen LogP contribution in [-0.2, 0) is 22.6 Å². The lowest BCUT2D eigenvalue weighted by Gasteiger charge is -2.38. The topological polar surface area (TPSA) is 80.5 Å². The lowest BCUT2D eigenvalue weighted by molar-refractivity contribution is -0.157. The highest BCUT2D eigenvalue weighted by molar-refractivity contribution is 5.75. The summed E-state index contributed by atoms with van der Waals surface area (Å²) in [6.07, 6.45) is 2.91. The summed E-state index contributed by atoms with van der Waals surface area (Å²) in [5.41, 5.74) is -0.666. The third-order valence-electron chi connectivity index (χ3n) is 4.15. The maximum Gasteiger partial charge on any atom is 0.311 e. The van der Waals surface area contributed by atoms with Crippen molar-refractivity contribution in [3.05, 3.63) is 12.2 Å². The molecule has 0 spiro atoms. The molecule has 2 aliphatic heterocycles.